The third-order valence-corrected chi connectivity index (χ3v) is 5.17. The molecule has 1 fully saturated rings. The topological polar surface area (TPSA) is 64.4 Å². The van der Waals surface area contributed by atoms with Gasteiger partial charge in [-0.2, -0.15) is 5.10 Å². The van der Waals surface area contributed by atoms with E-state index in [4.69, 9.17) is 4.74 Å². The molecule has 1 amide bonds. The van der Waals surface area contributed by atoms with Crippen molar-refractivity contribution in [3.8, 4) is 5.69 Å². The third-order valence-electron chi connectivity index (χ3n) is 5.17. The number of hydrogen-bond acceptors (Lipinski definition) is 4. The standard InChI is InChI=1S/C22H27N3O3/c1-4-28-22(27)18-12-14-24(15-13-18)21(26)11-10-20-16(2)23-25(17(20)3)19-8-6-5-7-9-19/h5-11,18H,4,12-15H2,1-3H3/b11-10+. The smallest absolute Gasteiger partial charge is 0.309 e. The minimum Gasteiger partial charge on any atom is -0.466 e. The van der Waals surface area contributed by atoms with E-state index in [1.54, 1.807) is 11.0 Å². The van der Waals surface area contributed by atoms with Crippen LogP contribution in [0.5, 0.6) is 0 Å². The highest BCUT2D eigenvalue weighted by Crippen LogP contribution is 2.21. The van der Waals surface area contributed by atoms with Crippen molar-refractivity contribution < 1.29 is 14.3 Å². The third kappa shape index (κ3) is 4.32. The van der Waals surface area contributed by atoms with E-state index in [1.807, 2.05) is 61.9 Å². The van der Waals surface area contributed by atoms with Gasteiger partial charge in [-0.05, 0) is 51.8 Å². The molecule has 0 unspecified atom stereocenters. The summed E-state index contributed by atoms with van der Waals surface area (Å²) >= 11 is 0. The number of carbonyl (C=O) groups excluding carboxylic acids is 2. The fourth-order valence-corrected chi connectivity index (χ4v) is 3.57. The first-order valence-electron chi connectivity index (χ1n) is 9.76. The molecule has 2 heterocycles. The lowest BCUT2D eigenvalue weighted by molar-refractivity contribution is -0.150. The van der Waals surface area contributed by atoms with Crippen LogP contribution >= 0.6 is 0 Å². The first kappa shape index (κ1) is 19.9. The highest BCUT2D eigenvalue weighted by Gasteiger charge is 2.27. The van der Waals surface area contributed by atoms with E-state index >= 15 is 0 Å². The number of esters is 1. The van der Waals surface area contributed by atoms with E-state index in [0.717, 1.165) is 22.6 Å². The minimum atomic E-state index is -0.148. The summed E-state index contributed by atoms with van der Waals surface area (Å²) in [6, 6.07) is 9.94. The molecule has 0 N–H and O–H groups in total. The Kier molecular flexibility index (Phi) is 6.29. The fourth-order valence-electron chi connectivity index (χ4n) is 3.57. The number of likely N-dealkylation sites (tertiary alicyclic amines) is 1. The molecule has 2 aromatic rings. The number of para-hydroxylation sites is 1. The summed E-state index contributed by atoms with van der Waals surface area (Å²) in [4.78, 5) is 26.2. The average Bonchev–Trinajstić information content (AvgIpc) is 3.00. The maximum Gasteiger partial charge on any atom is 0.309 e. The Morgan fingerprint density at radius 1 is 1.18 bits per heavy atom. The van der Waals surface area contributed by atoms with Crippen LogP contribution in [-0.2, 0) is 14.3 Å². The van der Waals surface area contributed by atoms with Crippen LogP contribution in [0.3, 0.4) is 0 Å². The predicted molar refractivity (Wildman–Crippen MR) is 108 cm³/mol. The molecule has 1 aliphatic rings. The molecule has 0 aliphatic carbocycles. The number of aryl methyl sites for hydroxylation is 1. The van der Waals surface area contributed by atoms with Gasteiger partial charge in [0.25, 0.3) is 0 Å². The van der Waals surface area contributed by atoms with Crippen LogP contribution in [0.15, 0.2) is 36.4 Å². The summed E-state index contributed by atoms with van der Waals surface area (Å²) in [6.07, 6.45) is 4.76. The molecule has 0 saturated carbocycles. The van der Waals surface area contributed by atoms with E-state index in [-0.39, 0.29) is 17.8 Å². The quantitative estimate of drug-likeness (QED) is 0.589. The number of carbonyl (C=O) groups is 2. The summed E-state index contributed by atoms with van der Waals surface area (Å²) in [5.41, 5.74) is 3.83. The Balaban J connectivity index is 1.65. The lowest BCUT2D eigenvalue weighted by atomic mass is 9.97. The number of ether oxygens (including phenoxy) is 1. The zero-order valence-corrected chi connectivity index (χ0v) is 16.7. The normalized spacial score (nSPS) is 15.2. The van der Waals surface area contributed by atoms with Gasteiger partial charge in [-0.15, -0.1) is 0 Å². The Labute approximate surface area is 165 Å². The van der Waals surface area contributed by atoms with Crippen molar-refractivity contribution in [2.45, 2.75) is 33.6 Å². The van der Waals surface area contributed by atoms with Crippen LogP contribution in [0.25, 0.3) is 11.8 Å². The number of nitrogens with zero attached hydrogens (tertiary/aromatic N) is 3. The van der Waals surface area contributed by atoms with Crippen molar-refractivity contribution >= 4 is 18.0 Å². The number of amides is 1. The van der Waals surface area contributed by atoms with Crippen LogP contribution in [0.1, 0.15) is 36.7 Å². The van der Waals surface area contributed by atoms with Gasteiger partial charge in [0.05, 0.1) is 23.9 Å². The zero-order valence-electron chi connectivity index (χ0n) is 16.7. The highest BCUT2D eigenvalue weighted by atomic mass is 16.5. The first-order valence-corrected chi connectivity index (χ1v) is 9.76. The van der Waals surface area contributed by atoms with E-state index < -0.39 is 0 Å². The Hall–Kier alpha value is -2.89. The van der Waals surface area contributed by atoms with Gasteiger partial charge in [0, 0.05) is 30.4 Å². The molecular formula is C22H27N3O3. The molecule has 28 heavy (non-hydrogen) atoms. The van der Waals surface area contributed by atoms with Gasteiger partial charge in [0.15, 0.2) is 0 Å². The van der Waals surface area contributed by atoms with E-state index in [0.29, 0.717) is 32.5 Å². The molecule has 0 radical (unpaired) electrons. The van der Waals surface area contributed by atoms with Gasteiger partial charge in [-0.3, -0.25) is 9.59 Å². The number of rotatable bonds is 5. The first-order chi connectivity index (χ1) is 13.5. The summed E-state index contributed by atoms with van der Waals surface area (Å²) in [7, 11) is 0. The van der Waals surface area contributed by atoms with Crippen molar-refractivity contribution in [1.82, 2.24) is 14.7 Å². The van der Waals surface area contributed by atoms with Gasteiger partial charge in [-0.25, -0.2) is 4.68 Å². The summed E-state index contributed by atoms with van der Waals surface area (Å²) in [5, 5.41) is 4.61. The Bertz CT molecular complexity index is 863. The van der Waals surface area contributed by atoms with Crippen molar-refractivity contribution in [2.24, 2.45) is 5.92 Å². The largest absolute Gasteiger partial charge is 0.466 e. The van der Waals surface area contributed by atoms with Gasteiger partial charge in [0.1, 0.15) is 0 Å². The summed E-state index contributed by atoms with van der Waals surface area (Å²) in [6.45, 7) is 7.31. The second-order valence-corrected chi connectivity index (χ2v) is 7.02. The van der Waals surface area contributed by atoms with Gasteiger partial charge in [-0.1, -0.05) is 18.2 Å². The molecule has 3 rings (SSSR count). The van der Waals surface area contributed by atoms with Gasteiger partial charge < -0.3 is 9.64 Å². The maximum atomic E-state index is 12.6. The van der Waals surface area contributed by atoms with Crippen molar-refractivity contribution in [3.05, 3.63) is 53.4 Å². The Morgan fingerprint density at radius 2 is 1.86 bits per heavy atom. The molecule has 6 heteroatoms. The van der Waals surface area contributed by atoms with Crippen LogP contribution in [0.4, 0.5) is 0 Å². The number of piperidine rings is 1. The molecule has 0 spiro atoms. The average molecular weight is 381 g/mol. The Morgan fingerprint density at radius 3 is 2.50 bits per heavy atom. The van der Waals surface area contributed by atoms with Crippen LogP contribution < -0.4 is 0 Å². The number of hydrogen-bond donors (Lipinski definition) is 0. The molecule has 148 valence electrons. The van der Waals surface area contributed by atoms with Crippen LogP contribution in [-0.4, -0.2) is 46.3 Å². The van der Waals surface area contributed by atoms with Crippen molar-refractivity contribution in [2.75, 3.05) is 19.7 Å². The fraction of sp³-hybridized carbons (Fsp3) is 0.409. The molecule has 1 saturated heterocycles. The second kappa shape index (κ2) is 8.87. The molecule has 1 aromatic carbocycles. The molecular weight excluding hydrogens is 354 g/mol. The second-order valence-electron chi connectivity index (χ2n) is 7.02. The molecule has 1 aliphatic heterocycles. The number of aromatic nitrogens is 2. The van der Waals surface area contributed by atoms with Gasteiger partial charge in [0.2, 0.25) is 5.91 Å². The monoisotopic (exact) mass is 381 g/mol. The molecule has 0 bridgehead atoms. The predicted octanol–water partition coefficient (Wildman–Crippen LogP) is 3.30. The van der Waals surface area contributed by atoms with Crippen LogP contribution in [0.2, 0.25) is 0 Å². The summed E-state index contributed by atoms with van der Waals surface area (Å²) in [5.74, 6) is -0.278. The molecule has 0 atom stereocenters. The molecule has 1 aromatic heterocycles. The van der Waals surface area contributed by atoms with E-state index in [9.17, 15) is 9.59 Å². The summed E-state index contributed by atoms with van der Waals surface area (Å²) < 4.78 is 6.98. The highest BCUT2D eigenvalue weighted by molar-refractivity contribution is 5.92. The van der Waals surface area contributed by atoms with E-state index in [1.165, 1.54) is 0 Å². The maximum absolute atomic E-state index is 12.6. The van der Waals surface area contributed by atoms with Gasteiger partial charge >= 0.3 is 5.97 Å². The van der Waals surface area contributed by atoms with E-state index in [2.05, 4.69) is 5.10 Å². The number of benzene rings is 1. The lowest BCUT2D eigenvalue weighted by Gasteiger charge is -2.30. The lowest BCUT2D eigenvalue weighted by Crippen LogP contribution is -2.39. The van der Waals surface area contributed by atoms with Crippen molar-refractivity contribution in [3.63, 3.8) is 0 Å². The van der Waals surface area contributed by atoms with Crippen molar-refractivity contribution in [1.29, 1.82) is 0 Å². The molecule has 6 nitrogen and oxygen atoms in total. The zero-order chi connectivity index (χ0) is 20.1. The van der Waals surface area contributed by atoms with Crippen LogP contribution in [0, 0.1) is 19.8 Å². The minimum absolute atomic E-state index is 0.0337. The SMILES string of the molecule is CCOC(=O)C1CCN(C(=O)/C=C/c2c(C)nn(-c3ccccc3)c2C)CC1.